The van der Waals surface area contributed by atoms with Crippen molar-refractivity contribution >= 4 is 49.9 Å². The van der Waals surface area contributed by atoms with E-state index >= 15 is 0 Å². The molecule has 0 bridgehead atoms. The number of hydrogen-bond acceptors (Lipinski definition) is 8. The summed E-state index contributed by atoms with van der Waals surface area (Å²) in [6.45, 7) is 2.08. The largest absolute Gasteiger partial charge is 0.347 e. The van der Waals surface area contributed by atoms with Crippen LogP contribution in [-0.4, -0.2) is 50.9 Å². The van der Waals surface area contributed by atoms with Crippen LogP contribution in [-0.2, 0) is 0 Å². The lowest BCUT2D eigenvalue weighted by molar-refractivity contribution is 0.445. The Labute approximate surface area is 181 Å². The highest BCUT2D eigenvalue weighted by atomic mass is 35.5. The summed E-state index contributed by atoms with van der Waals surface area (Å²) >= 11 is 3.02. The third-order valence-electron chi connectivity index (χ3n) is 5.03. The summed E-state index contributed by atoms with van der Waals surface area (Å²) in [7, 11) is 2.10. The summed E-state index contributed by atoms with van der Waals surface area (Å²) in [5.41, 5.74) is 1.60. The van der Waals surface area contributed by atoms with Gasteiger partial charge in [0, 0.05) is 43.7 Å². The molecule has 0 amide bonds. The van der Waals surface area contributed by atoms with Crippen molar-refractivity contribution in [3.63, 3.8) is 0 Å². The number of fused-ring (bicyclic) bond motifs is 1. The molecule has 0 saturated carbocycles. The van der Waals surface area contributed by atoms with Gasteiger partial charge >= 0.3 is 0 Å². The fraction of sp³-hybridized carbons (Fsp3) is 0.333. The number of aromatic amines is 1. The number of nitrogens with one attached hydrogen (secondary N) is 2. The van der Waals surface area contributed by atoms with E-state index in [1.807, 2.05) is 6.07 Å². The number of thiazole rings is 2. The first-order valence-corrected chi connectivity index (χ1v) is 10.8. The zero-order chi connectivity index (χ0) is 19.1. The number of aromatic nitrogens is 5. The molecule has 0 aromatic carbocycles. The molecule has 4 aromatic rings. The Morgan fingerprint density at radius 3 is 2.79 bits per heavy atom. The molecule has 5 heterocycles. The molecule has 5 rings (SSSR count). The standard InChI is InChI=1S/C18H19N7OS2.ClH/c1-24(13-3-2-5-19-10-13)17-22-15-16(27-17)23-18(28-15)25-6-4-11(7-14(25)26)12-8-20-21-9-12;/h4,6-9,13,19H,2-3,5,10H2,1H3,(H,20,21);1H/t13-;/m0./s1. The molecular weight excluding hydrogens is 430 g/mol. The molecule has 1 aliphatic heterocycles. The summed E-state index contributed by atoms with van der Waals surface area (Å²) in [5, 5.41) is 11.8. The van der Waals surface area contributed by atoms with Crippen LogP contribution >= 0.6 is 35.1 Å². The zero-order valence-electron chi connectivity index (χ0n) is 15.7. The van der Waals surface area contributed by atoms with E-state index in [9.17, 15) is 4.79 Å². The van der Waals surface area contributed by atoms with Crippen LogP contribution in [0, 0.1) is 0 Å². The van der Waals surface area contributed by atoms with Crippen molar-refractivity contribution in [2.45, 2.75) is 18.9 Å². The molecule has 0 radical (unpaired) electrons. The number of hydrogen-bond donors (Lipinski definition) is 2. The molecule has 8 nitrogen and oxygen atoms in total. The van der Waals surface area contributed by atoms with Gasteiger partial charge in [-0.3, -0.25) is 14.5 Å². The van der Waals surface area contributed by atoms with Gasteiger partial charge in [0.2, 0.25) is 0 Å². The molecule has 1 atom stereocenters. The second-order valence-corrected chi connectivity index (χ2v) is 8.74. The van der Waals surface area contributed by atoms with Crippen LogP contribution < -0.4 is 15.8 Å². The van der Waals surface area contributed by atoms with Crippen LogP contribution in [0.2, 0.25) is 0 Å². The molecule has 1 aliphatic rings. The lowest BCUT2D eigenvalue weighted by atomic mass is 10.1. The number of likely N-dealkylation sites (N-methyl/N-ethyl adjacent to an activating group) is 1. The van der Waals surface area contributed by atoms with Crippen LogP contribution in [0.25, 0.3) is 25.9 Å². The molecule has 0 aliphatic carbocycles. The first-order valence-electron chi connectivity index (χ1n) is 9.12. The van der Waals surface area contributed by atoms with Gasteiger partial charge in [-0.25, -0.2) is 9.97 Å². The summed E-state index contributed by atoms with van der Waals surface area (Å²) in [5.74, 6) is 0. The monoisotopic (exact) mass is 449 g/mol. The van der Waals surface area contributed by atoms with Crippen molar-refractivity contribution in [3.8, 4) is 16.3 Å². The van der Waals surface area contributed by atoms with Crippen molar-refractivity contribution in [1.29, 1.82) is 0 Å². The van der Waals surface area contributed by atoms with Crippen LogP contribution in [0.1, 0.15) is 12.8 Å². The maximum atomic E-state index is 12.6. The molecule has 1 saturated heterocycles. The highest BCUT2D eigenvalue weighted by Gasteiger charge is 2.22. The summed E-state index contributed by atoms with van der Waals surface area (Å²) in [4.78, 5) is 26.0. The number of H-pyrrole nitrogens is 1. The Morgan fingerprint density at radius 1 is 1.24 bits per heavy atom. The topological polar surface area (TPSA) is 91.7 Å². The normalized spacial score (nSPS) is 16.7. The smallest absolute Gasteiger partial charge is 0.257 e. The Bertz CT molecular complexity index is 1130. The van der Waals surface area contributed by atoms with Gasteiger partial charge in [0.25, 0.3) is 5.56 Å². The molecule has 1 fully saturated rings. The fourth-order valence-corrected chi connectivity index (χ4v) is 5.48. The van der Waals surface area contributed by atoms with Crippen LogP contribution in [0.3, 0.4) is 0 Å². The number of anilines is 1. The van der Waals surface area contributed by atoms with E-state index < -0.39 is 0 Å². The first kappa shape index (κ1) is 20.0. The van der Waals surface area contributed by atoms with Gasteiger partial charge in [-0.05, 0) is 31.0 Å². The molecule has 152 valence electrons. The fourth-order valence-electron chi connectivity index (χ4n) is 3.42. The predicted molar refractivity (Wildman–Crippen MR) is 120 cm³/mol. The zero-order valence-corrected chi connectivity index (χ0v) is 18.1. The highest BCUT2D eigenvalue weighted by molar-refractivity contribution is 7.29. The number of halogens is 1. The van der Waals surface area contributed by atoms with E-state index in [1.54, 1.807) is 40.6 Å². The molecule has 2 N–H and O–H groups in total. The van der Waals surface area contributed by atoms with E-state index in [4.69, 9.17) is 4.98 Å². The minimum absolute atomic E-state index is 0. The second kappa shape index (κ2) is 8.23. The third-order valence-corrected chi connectivity index (χ3v) is 7.15. The number of piperidine rings is 1. The summed E-state index contributed by atoms with van der Waals surface area (Å²) < 4.78 is 1.57. The van der Waals surface area contributed by atoms with Crippen LogP contribution in [0.4, 0.5) is 5.13 Å². The minimum atomic E-state index is -0.120. The van der Waals surface area contributed by atoms with Crippen molar-refractivity contribution < 1.29 is 0 Å². The van der Waals surface area contributed by atoms with Gasteiger partial charge in [0.1, 0.15) is 0 Å². The van der Waals surface area contributed by atoms with E-state index in [0.717, 1.165) is 39.0 Å². The molecule has 0 spiro atoms. The van der Waals surface area contributed by atoms with Crippen molar-refractivity contribution in [2.24, 2.45) is 0 Å². The summed E-state index contributed by atoms with van der Waals surface area (Å²) in [6.07, 6.45) is 7.58. The lowest BCUT2D eigenvalue weighted by Gasteiger charge is -2.31. The molecule has 4 aromatic heterocycles. The van der Waals surface area contributed by atoms with Gasteiger partial charge in [0.15, 0.2) is 19.9 Å². The highest BCUT2D eigenvalue weighted by Crippen LogP contribution is 2.34. The van der Waals surface area contributed by atoms with E-state index in [1.165, 1.54) is 24.2 Å². The van der Waals surface area contributed by atoms with Gasteiger partial charge in [-0.1, -0.05) is 22.7 Å². The molecule has 11 heteroatoms. The second-order valence-electron chi connectivity index (χ2n) is 6.82. The molecule has 0 unspecified atom stereocenters. The number of nitrogens with zero attached hydrogens (tertiary/aromatic N) is 5. The van der Waals surface area contributed by atoms with Gasteiger partial charge in [0.05, 0.1) is 6.20 Å². The van der Waals surface area contributed by atoms with Gasteiger partial charge < -0.3 is 10.2 Å². The van der Waals surface area contributed by atoms with Crippen LogP contribution in [0.5, 0.6) is 0 Å². The van der Waals surface area contributed by atoms with Crippen molar-refractivity contribution in [1.82, 2.24) is 30.0 Å². The van der Waals surface area contributed by atoms with Crippen molar-refractivity contribution in [2.75, 3.05) is 25.0 Å². The SMILES string of the molecule is CN(c1nc2sc(-n3ccc(-c4cn[nH]c4)cc3=O)nc2s1)[C@H]1CCCNC1.Cl. The lowest BCUT2D eigenvalue weighted by Crippen LogP contribution is -2.44. The maximum absolute atomic E-state index is 12.6. The summed E-state index contributed by atoms with van der Waals surface area (Å²) in [6, 6.07) is 3.96. The Morgan fingerprint density at radius 2 is 2.10 bits per heavy atom. The first-order chi connectivity index (χ1) is 13.7. The molecule has 29 heavy (non-hydrogen) atoms. The quantitative estimate of drug-likeness (QED) is 0.497. The Hall–Kier alpha value is -2.27. The van der Waals surface area contributed by atoms with Gasteiger partial charge in [-0.15, -0.1) is 12.4 Å². The third kappa shape index (κ3) is 3.80. The van der Waals surface area contributed by atoms with Crippen LogP contribution in [0.15, 0.2) is 35.5 Å². The van der Waals surface area contributed by atoms with Gasteiger partial charge in [-0.2, -0.15) is 5.10 Å². The van der Waals surface area contributed by atoms with Crippen molar-refractivity contribution in [3.05, 3.63) is 41.1 Å². The predicted octanol–water partition coefficient (Wildman–Crippen LogP) is 2.90. The minimum Gasteiger partial charge on any atom is -0.347 e. The van der Waals surface area contributed by atoms with E-state index in [2.05, 4.69) is 32.4 Å². The average molecular weight is 450 g/mol. The Kier molecular flexibility index (Phi) is 5.68. The number of pyridine rings is 1. The van der Waals surface area contributed by atoms with E-state index in [0.29, 0.717) is 11.2 Å². The van der Waals surface area contributed by atoms with E-state index in [-0.39, 0.29) is 18.0 Å². The Balaban J connectivity index is 0.00000205. The number of rotatable bonds is 4. The maximum Gasteiger partial charge on any atom is 0.257 e. The average Bonchev–Trinajstić information content (AvgIpc) is 3.44. The molecular formula is C18H20ClN7OS2.